The predicted molar refractivity (Wildman–Crippen MR) is 59.3 cm³/mol. The molecule has 0 aliphatic carbocycles. The van der Waals surface area contributed by atoms with Gasteiger partial charge in [0.25, 0.3) is 0 Å². The molecule has 2 aliphatic heterocycles. The Kier molecular flexibility index (Phi) is 20.5. The molecule has 0 radical (unpaired) electrons. The molecule has 2 rings (SSSR count). The van der Waals surface area contributed by atoms with Crippen molar-refractivity contribution in [1.29, 1.82) is 0 Å². The van der Waals surface area contributed by atoms with Crippen molar-refractivity contribution < 1.29 is 32.5 Å². The topological polar surface area (TPSA) is 48.1 Å². The van der Waals surface area contributed by atoms with Gasteiger partial charge in [0.15, 0.2) is 0 Å². The maximum atomic E-state index is 4.95. The fourth-order valence-electron chi connectivity index (χ4n) is 0.884. The number of hydrogen-bond donors (Lipinski definition) is 4. The van der Waals surface area contributed by atoms with Gasteiger partial charge in [0, 0.05) is 59.0 Å². The molecule has 2 fully saturated rings. The van der Waals surface area contributed by atoms with Crippen molar-refractivity contribution in [2.75, 3.05) is 39.5 Å². The van der Waals surface area contributed by atoms with Gasteiger partial charge in [0.05, 0.1) is 0 Å². The van der Waals surface area contributed by atoms with Crippen LogP contribution in [0.3, 0.4) is 0 Å². The third kappa shape index (κ3) is 21.7. The van der Waals surface area contributed by atoms with Crippen molar-refractivity contribution in [1.82, 2.24) is 21.3 Å². The summed E-state index contributed by atoms with van der Waals surface area (Å²) in [6.07, 6.45) is 0. The van der Waals surface area contributed by atoms with Gasteiger partial charge in [-0.3, -0.25) is 0 Å². The fourth-order valence-corrected chi connectivity index (χ4v) is 0.884. The van der Waals surface area contributed by atoms with Crippen molar-refractivity contribution in [3.8, 4) is 0 Å². The normalized spacial score (nSPS) is 19.0. The predicted octanol–water partition coefficient (Wildman–Crippen LogP) is 0.337. The van der Waals surface area contributed by atoms with E-state index in [4.69, 9.17) is 29.1 Å². The average Bonchev–Trinajstić information content (AvgIpc) is 2.83. The zero-order chi connectivity index (χ0) is 10.6. The van der Waals surface area contributed by atoms with Gasteiger partial charge in [-0.2, -0.15) is 0 Å². The van der Waals surface area contributed by atoms with Crippen molar-refractivity contribution >= 4 is 29.1 Å². The number of rotatable bonds is 0. The van der Waals surface area contributed by atoms with E-state index in [-0.39, 0.29) is 19.5 Å². The Morgan fingerprint density at radius 2 is 0.867 bits per heavy atom. The second-order valence-corrected chi connectivity index (χ2v) is 10.4. The summed E-state index contributed by atoms with van der Waals surface area (Å²) in [5.41, 5.74) is 0. The van der Waals surface area contributed by atoms with E-state index in [1.54, 1.807) is 0 Å². The molecular formula is C6H16Cl3N4Ru2. The standard InChI is InChI=1S/2C3H8N2.3ClH.2Ru/c2*1-2-5-3-4-1;;;;;/h2*4-5H,1-3H2;3*1H;;/q;;;;;;+3/p-3. The molecule has 2 heterocycles. The summed E-state index contributed by atoms with van der Waals surface area (Å²) < 4.78 is 0. The first-order chi connectivity index (χ1) is 6.73. The zero-order valence-electron chi connectivity index (χ0n) is 8.08. The Balaban J connectivity index is 0. The van der Waals surface area contributed by atoms with E-state index in [0.29, 0.717) is 0 Å². The number of halogens is 3. The molecule has 4 N–H and O–H groups in total. The van der Waals surface area contributed by atoms with E-state index < -0.39 is 13.0 Å². The van der Waals surface area contributed by atoms with E-state index in [9.17, 15) is 0 Å². The molecule has 4 nitrogen and oxygen atoms in total. The second kappa shape index (κ2) is 16.0. The smallest absolute Gasteiger partial charge is 0 e. The summed E-state index contributed by atoms with van der Waals surface area (Å²) in [5, 5.41) is 12.4. The minimum atomic E-state index is -1.75. The zero-order valence-corrected chi connectivity index (χ0v) is 13.8. The van der Waals surface area contributed by atoms with Crippen LogP contribution in [0.15, 0.2) is 0 Å². The van der Waals surface area contributed by atoms with Crippen LogP contribution in [0.2, 0.25) is 0 Å². The van der Waals surface area contributed by atoms with Gasteiger partial charge in [0.2, 0.25) is 0 Å². The molecule has 9 heteroatoms. The first-order valence-corrected chi connectivity index (χ1v) is 10.9. The second-order valence-electron chi connectivity index (χ2n) is 2.51. The Bertz CT molecular complexity index is 86.6. The molecule has 15 heavy (non-hydrogen) atoms. The van der Waals surface area contributed by atoms with Gasteiger partial charge < -0.3 is 21.3 Å². The van der Waals surface area contributed by atoms with Gasteiger partial charge in [-0.25, -0.2) is 0 Å². The van der Waals surface area contributed by atoms with E-state index in [1.165, 1.54) is 0 Å². The van der Waals surface area contributed by atoms with Crippen LogP contribution in [0, 0.1) is 0 Å². The van der Waals surface area contributed by atoms with Crippen LogP contribution < -0.4 is 21.3 Å². The molecule has 0 atom stereocenters. The molecular weight excluding hydrogens is 437 g/mol. The van der Waals surface area contributed by atoms with E-state index in [0.717, 1.165) is 39.5 Å². The third-order valence-electron chi connectivity index (χ3n) is 1.46. The summed E-state index contributed by atoms with van der Waals surface area (Å²) in [5.74, 6) is 0. The largest absolute Gasteiger partial charge is 0 e. The van der Waals surface area contributed by atoms with Crippen LogP contribution >= 0.6 is 29.1 Å². The third-order valence-corrected chi connectivity index (χ3v) is 1.46. The number of hydrogen-bond acceptors (Lipinski definition) is 4. The van der Waals surface area contributed by atoms with Crippen LogP contribution in [0.4, 0.5) is 0 Å². The molecule has 0 aromatic carbocycles. The van der Waals surface area contributed by atoms with Gasteiger partial charge in [-0.1, -0.05) is 0 Å². The van der Waals surface area contributed by atoms with Gasteiger partial charge >= 0.3 is 42.1 Å². The molecule has 0 aromatic heterocycles. The van der Waals surface area contributed by atoms with E-state index in [1.807, 2.05) is 0 Å². The van der Waals surface area contributed by atoms with Crippen LogP contribution in [-0.2, 0) is 32.5 Å². The van der Waals surface area contributed by atoms with Crippen molar-refractivity contribution in [3.05, 3.63) is 0 Å². The van der Waals surface area contributed by atoms with Crippen molar-refractivity contribution in [3.63, 3.8) is 0 Å². The van der Waals surface area contributed by atoms with Crippen molar-refractivity contribution in [2.24, 2.45) is 0 Å². The van der Waals surface area contributed by atoms with Crippen LogP contribution in [-0.4, -0.2) is 39.5 Å². The summed E-state index contributed by atoms with van der Waals surface area (Å²) in [7, 11) is 14.8. The molecule has 0 unspecified atom stereocenters. The molecule has 0 bridgehead atoms. The first-order valence-electron chi connectivity index (χ1n) is 4.23. The van der Waals surface area contributed by atoms with Crippen molar-refractivity contribution in [2.45, 2.75) is 0 Å². The Labute approximate surface area is 121 Å². The van der Waals surface area contributed by atoms with E-state index >= 15 is 0 Å². The molecule has 0 spiro atoms. The summed E-state index contributed by atoms with van der Waals surface area (Å²) >= 11 is -1.75. The van der Waals surface area contributed by atoms with Crippen LogP contribution in [0.25, 0.3) is 0 Å². The maximum Gasteiger partial charge on any atom is 0 e. The summed E-state index contributed by atoms with van der Waals surface area (Å²) in [6, 6.07) is 0. The average molecular weight is 453 g/mol. The molecule has 2 saturated heterocycles. The minimum Gasteiger partial charge on any atom is 0 e. The van der Waals surface area contributed by atoms with Gasteiger partial charge in [0.1, 0.15) is 0 Å². The van der Waals surface area contributed by atoms with Crippen LogP contribution in [0.5, 0.6) is 0 Å². The monoisotopic (exact) mass is 453 g/mol. The fraction of sp³-hybridized carbons (Fsp3) is 1.00. The quantitative estimate of drug-likeness (QED) is 0.401. The Hall–Kier alpha value is 1.96. The maximum absolute atomic E-state index is 4.95. The first kappa shape index (κ1) is 19.3. The SMILES string of the molecule is C1CNCN1.C1CNCN1.[Cl][Ru]([Cl])[Cl].[Ru]. The molecule has 2 aliphatic rings. The summed E-state index contributed by atoms with van der Waals surface area (Å²) in [4.78, 5) is 0. The van der Waals surface area contributed by atoms with Gasteiger partial charge in [-0.05, 0) is 0 Å². The van der Waals surface area contributed by atoms with E-state index in [2.05, 4.69) is 21.3 Å². The minimum absolute atomic E-state index is 0. The Morgan fingerprint density at radius 1 is 0.667 bits per heavy atom. The Morgan fingerprint density at radius 3 is 0.933 bits per heavy atom. The molecule has 0 amide bonds. The van der Waals surface area contributed by atoms with Gasteiger partial charge in [-0.15, -0.1) is 0 Å². The molecule has 0 aromatic rings. The molecule has 97 valence electrons. The summed E-state index contributed by atoms with van der Waals surface area (Å²) in [6.45, 7) is 6.56. The van der Waals surface area contributed by atoms with Crippen LogP contribution in [0.1, 0.15) is 0 Å². The number of nitrogens with one attached hydrogen (secondary N) is 4. The molecule has 0 saturated carbocycles.